The summed E-state index contributed by atoms with van der Waals surface area (Å²) in [6, 6.07) is 16.3. The number of carbonyl (C=O) groups excluding carboxylic acids is 1. The number of hydrogen-bond donors (Lipinski definition) is 4. The minimum atomic E-state index is -0.318. The average molecular weight is 414 g/mol. The Morgan fingerprint density at radius 3 is 2.71 bits per heavy atom. The van der Waals surface area contributed by atoms with E-state index in [-0.39, 0.29) is 23.5 Å². The van der Waals surface area contributed by atoms with Gasteiger partial charge in [-0.05, 0) is 30.7 Å². The van der Waals surface area contributed by atoms with Crippen LogP contribution in [0.5, 0.6) is 5.88 Å². The van der Waals surface area contributed by atoms with Crippen LogP contribution in [-0.2, 0) is 0 Å². The number of fused-ring (bicyclic) bond motifs is 1. The molecule has 8 heteroatoms. The Labute approximate surface area is 179 Å². The summed E-state index contributed by atoms with van der Waals surface area (Å²) >= 11 is 0. The molecule has 0 aliphatic rings. The van der Waals surface area contributed by atoms with Gasteiger partial charge in [0.25, 0.3) is 5.91 Å². The highest BCUT2D eigenvalue weighted by molar-refractivity contribution is 6.15. The first-order valence-corrected chi connectivity index (χ1v) is 9.70. The van der Waals surface area contributed by atoms with E-state index in [0.717, 1.165) is 5.56 Å². The molecular weight excluding hydrogens is 392 g/mol. The highest BCUT2D eigenvalue weighted by Crippen LogP contribution is 2.24. The van der Waals surface area contributed by atoms with Gasteiger partial charge in [-0.2, -0.15) is 0 Å². The second kappa shape index (κ2) is 8.27. The second-order valence-corrected chi connectivity index (χ2v) is 7.11. The van der Waals surface area contributed by atoms with Crippen molar-refractivity contribution in [3.8, 4) is 5.88 Å². The number of imidazole rings is 1. The van der Waals surface area contributed by atoms with Crippen LogP contribution in [0, 0.1) is 5.41 Å². The number of anilines is 1. The minimum Gasteiger partial charge on any atom is -0.481 e. The summed E-state index contributed by atoms with van der Waals surface area (Å²) in [6.45, 7) is 1.91. The lowest BCUT2D eigenvalue weighted by molar-refractivity contribution is 0.0930. The minimum absolute atomic E-state index is 0.169. The summed E-state index contributed by atoms with van der Waals surface area (Å²) in [6.07, 6.45) is 1.57. The molecule has 0 fully saturated rings. The van der Waals surface area contributed by atoms with Crippen molar-refractivity contribution in [2.75, 3.05) is 12.8 Å². The van der Waals surface area contributed by atoms with Gasteiger partial charge in [-0.3, -0.25) is 10.2 Å². The van der Waals surface area contributed by atoms with E-state index in [2.05, 4.69) is 20.3 Å². The number of pyridine rings is 1. The number of methoxy groups -OCH3 is 1. The molecule has 0 saturated carbocycles. The molecule has 4 rings (SSSR count). The zero-order valence-corrected chi connectivity index (χ0v) is 17.1. The van der Waals surface area contributed by atoms with Crippen LogP contribution in [0.25, 0.3) is 11.0 Å². The number of ether oxygens (including phenoxy) is 1. The van der Waals surface area contributed by atoms with Gasteiger partial charge in [0.15, 0.2) is 5.82 Å². The number of benzene rings is 2. The third kappa shape index (κ3) is 4.09. The number of H-pyrrole nitrogens is 1. The van der Waals surface area contributed by atoms with Crippen LogP contribution in [-0.4, -0.2) is 33.7 Å². The van der Waals surface area contributed by atoms with Crippen LogP contribution in [0.2, 0.25) is 0 Å². The second-order valence-electron chi connectivity index (χ2n) is 7.11. The maximum Gasteiger partial charge on any atom is 0.287 e. The van der Waals surface area contributed by atoms with Crippen LogP contribution in [0.4, 0.5) is 5.69 Å². The van der Waals surface area contributed by atoms with E-state index in [1.54, 1.807) is 30.5 Å². The Hall–Kier alpha value is -4.20. The van der Waals surface area contributed by atoms with Crippen molar-refractivity contribution in [2.24, 2.45) is 0 Å². The number of nitrogen functional groups attached to an aromatic ring is 1. The summed E-state index contributed by atoms with van der Waals surface area (Å²) < 4.78 is 5.13. The molecular formula is C23H22N6O2. The topological polar surface area (TPSA) is 130 Å². The number of carbonyl (C=O) groups is 1. The molecule has 8 nitrogen and oxygen atoms in total. The van der Waals surface area contributed by atoms with Crippen LogP contribution < -0.4 is 15.8 Å². The Bertz CT molecular complexity index is 1270. The van der Waals surface area contributed by atoms with Gasteiger partial charge in [-0.15, -0.1) is 0 Å². The van der Waals surface area contributed by atoms with Crippen molar-refractivity contribution in [1.82, 2.24) is 20.3 Å². The normalized spacial score (nSPS) is 11.8. The van der Waals surface area contributed by atoms with Crippen molar-refractivity contribution in [1.29, 1.82) is 5.41 Å². The zero-order valence-electron chi connectivity index (χ0n) is 17.1. The molecule has 156 valence electrons. The first-order chi connectivity index (χ1) is 15.0. The smallest absolute Gasteiger partial charge is 0.287 e. The number of nitrogens with zero attached hydrogens (tertiary/aromatic N) is 2. The highest BCUT2D eigenvalue weighted by Gasteiger charge is 2.17. The van der Waals surface area contributed by atoms with E-state index < -0.39 is 0 Å². The van der Waals surface area contributed by atoms with Gasteiger partial charge in [-0.25, -0.2) is 9.97 Å². The number of nitrogens with one attached hydrogen (secondary N) is 3. The SMILES string of the molecule is COc1cc(C(=N)c2cc3[nH]c(C(=O)NC(C)c4ccccc4)nc3cc2N)ccn1. The molecule has 0 aliphatic heterocycles. The molecule has 31 heavy (non-hydrogen) atoms. The standard InChI is InChI=1S/C23H22N6O2/c1-13(14-6-4-3-5-7-14)27-23(30)22-28-18-11-16(17(24)12-19(18)29-22)21(25)15-8-9-26-20(10-15)31-2/h3-13,25H,24H2,1-2H3,(H,27,30)(H,28,29). The largest absolute Gasteiger partial charge is 0.481 e. The van der Waals surface area contributed by atoms with E-state index in [9.17, 15) is 4.79 Å². The molecule has 1 atom stereocenters. The van der Waals surface area contributed by atoms with Gasteiger partial charge in [0, 0.05) is 29.1 Å². The van der Waals surface area contributed by atoms with Gasteiger partial charge < -0.3 is 20.8 Å². The number of aromatic amines is 1. The molecule has 0 saturated heterocycles. The lowest BCUT2D eigenvalue weighted by Crippen LogP contribution is -2.27. The molecule has 2 aromatic carbocycles. The predicted octanol–water partition coefficient (Wildman–Crippen LogP) is 3.46. The highest BCUT2D eigenvalue weighted by atomic mass is 16.5. The fraction of sp³-hybridized carbons (Fsp3) is 0.130. The van der Waals surface area contributed by atoms with Crippen molar-refractivity contribution in [3.05, 3.63) is 83.3 Å². The molecule has 5 N–H and O–H groups in total. The number of amides is 1. The first-order valence-electron chi connectivity index (χ1n) is 9.70. The fourth-order valence-electron chi connectivity index (χ4n) is 3.32. The Kier molecular flexibility index (Phi) is 5.36. The van der Waals surface area contributed by atoms with Crippen molar-refractivity contribution >= 4 is 28.3 Å². The molecule has 2 aromatic heterocycles. The van der Waals surface area contributed by atoms with Crippen molar-refractivity contribution in [3.63, 3.8) is 0 Å². The monoisotopic (exact) mass is 414 g/mol. The van der Waals surface area contributed by atoms with Gasteiger partial charge in [-0.1, -0.05) is 30.3 Å². The first kappa shape index (κ1) is 20.1. The van der Waals surface area contributed by atoms with Crippen LogP contribution in [0.1, 0.15) is 40.3 Å². The van der Waals surface area contributed by atoms with Gasteiger partial charge >= 0.3 is 0 Å². The summed E-state index contributed by atoms with van der Waals surface area (Å²) in [5.41, 5.74) is 10.1. The Morgan fingerprint density at radius 1 is 1.19 bits per heavy atom. The summed E-state index contributed by atoms with van der Waals surface area (Å²) in [7, 11) is 1.52. The van der Waals surface area contributed by atoms with Gasteiger partial charge in [0.05, 0.1) is 29.9 Å². The lowest BCUT2D eigenvalue weighted by atomic mass is 10.0. The molecule has 0 bridgehead atoms. The average Bonchev–Trinajstić information content (AvgIpc) is 3.21. The zero-order chi connectivity index (χ0) is 22.0. The number of nitrogens with two attached hydrogens (primary N) is 1. The molecule has 2 heterocycles. The van der Waals surface area contributed by atoms with E-state index in [4.69, 9.17) is 15.9 Å². The maximum absolute atomic E-state index is 12.7. The van der Waals surface area contributed by atoms with E-state index in [1.807, 2.05) is 37.3 Å². The number of rotatable bonds is 6. The van der Waals surface area contributed by atoms with Crippen LogP contribution in [0.3, 0.4) is 0 Å². The van der Waals surface area contributed by atoms with Gasteiger partial charge in [0.1, 0.15) is 0 Å². The Balaban J connectivity index is 1.61. The summed E-state index contributed by atoms with van der Waals surface area (Å²) in [4.78, 5) is 24.2. The van der Waals surface area contributed by atoms with Crippen LogP contribution in [0.15, 0.2) is 60.8 Å². The molecule has 0 spiro atoms. The Morgan fingerprint density at radius 2 is 1.97 bits per heavy atom. The van der Waals surface area contributed by atoms with Crippen molar-refractivity contribution < 1.29 is 9.53 Å². The molecule has 4 aromatic rings. The third-order valence-electron chi connectivity index (χ3n) is 5.02. The van der Waals surface area contributed by atoms with Crippen molar-refractivity contribution in [2.45, 2.75) is 13.0 Å². The quantitative estimate of drug-likeness (QED) is 0.284. The molecule has 0 radical (unpaired) electrons. The summed E-state index contributed by atoms with van der Waals surface area (Å²) in [5.74, 6) is 0.281. The third-order valence-corrected chi connectivity index (χ3v) is 5.02. The van der Waals surface area contributed by atoms with E-state index in [1.165, 1.54) is 7.11 Å². The lowest BCUT2D eigenvalue weighted by Gasteiger charge is -2.12. The molecule has 1 unspecified atom stereocenters. The van der Waals surface area contributed by atoms with Gasteiger partial charge in [0.2, 0.25) is 5.88 Å². The van der Waals surface area contributed by atoms with E-state index in [0.29, 0.717) is 33.7 Å². The molecule has 0 aliphatic carbocycles. The van der Waals surface area contributed by atoms with E-state index >= 15 is 0 Å². The maximum atomic E-state index is 12.7. The predicted molar refractivity (Wildman–Crippen MR) is 120 cm³/mol. The number of hydrogen-bond acceptors (Lipinski definition) is 6. The molecule has 1 amide bonds. The summed E-state index contributed by atoms with van der Waals surface area (Å²) in [5, 5.41) is 11.5. The fourth-order valence-corrected chi connectivity index (χ4v) is 3.32. The number of aromatic nitrogens is 3. The van der Waals surface area contributed by atoms with Crippen LogP contribution >= 0.6 is 0 Å².